The van der Waals surface area contributed by atoms with Gasteiger partial charge in [0.25, 0.3) is 0 Å². The minimum absolute atomic E-state index is 0.0324. The van der Waals surface area contributed by atoms with E-state index in [4.69, 9.17) is 10.5 Å². The minimum atomic E-state index is 0.0324. The van der Waals surface area contributed by atoms with Gasteiger partial charge in [0.05, 0.1) is 12.4 Å². The zero-order chi connectivity index (χ0) is 15.7. The predicted molar refractivity (Wildman–Crippen MR) is 88.8 cm³/mol. The van der Waals surface area contributed by atoms with Gasteiger partial charge in [-0.25, -0.2) is 0 Å². The van der Waals surface area contributed by atoms with Crippen molar-refractivity contribution in [2.45, 2.75) is 38.1 Å². The molecule has 1 amide bonds. The standard InChI is InChI=1S/C16H26N2O2S/c1-4-20-14-5-7-15(8-6-14)21-11-16(19)18-13(10-17)9-12(2)3/h5-8,12-13H,4,9-11,17H2,1-3H3,(H,18,19). The van der Waals surface area contributed by atoms with Crippen LogP contribution in [-0.2, 0) is 4.79 Å². The molecule has 0 aliphatic heterocycles. The lowest BCUT2D eigenvalue weighted by molar-refractivity contribution is -0.119. The third kappa shape index (κ3) is 7.39. The Hall–Kier alpha value is -1.20. The number of rotatable bonds is 9. The highest BCUT2D eigenvalue weighted by Gasteiger charge is 2.12. The number of benzene rings is 1. The van der Waals surface area contributed by atoms with E-state index in [1.165, 1.54) is 11.8 Å². The van der Waals surface area contributed by atoms with E-state index in [0.717, 1.165) is 17.1 Å². The van der Waals surface area contributed by atoms with Crippen molar-refractivity contribution in [2.24, 2.45) is 11.7 Å². The largest absolute Gasteiger partial charge is 0.494 e. The highest BCUT2D eigenvalue weighted by molar-refractivity contribution is 8.00. The molecular formula is C16H26N2O2S. The van der Waals surface area contributed by atoms with E-state index in [2.05, 4.69) is 19.2 Å². The van der Waals surface area contributed by atoms with Crippen LogP contribution >= 0.6 is 11.8 Å². The zero-order valence-corrected chi connectivity index (χ0v) is 13.9. The van der Waals surface area contributed by atoms with Gasteiger partial charge in [0, 0.05) is 17.5 Å². The van der Waals surface area contributed by atoms with Gasteiger partial charge in [0.15, 0.2) is 0 Å². The second-order valence-corrected chi connectivity index (χ2v) is 6.37. The van der Waals surface area contributed by atoms with Gasteiger partial charge >= 0.3 is 0 Å². The predicted octanol–water partition coefficient (Wildman–Crippen LogP) is 2.67. The average molecular weight is 310 g/mol. The molecule has 0 radical (unpaired) electrons. The van der Waals surface area contributed by atoms with Gasteiger partial charge in [-0.3, -0.25) is 4.79 Å². The number of ether oxygens (including phenoxy) is 1. The summed E-state index contributed by atoms with van der Waals surface area (Å²) in [5, 5.41) is 2.99. The first-order valence-electron chi connectivity index (χ1n) is 7.40. The second-order valence-electron chi connectivity index (χ2n) is 5.32. The van der Waals surface area contributed by atoms with Crippen LogP contribution in [0.4, 0.5) is 0 Å². The molecule has 1 rings (SSSR count). The molecule has 0 aromatic heterocycles. The quantitative estimate of drug-likeness (QED) is 0.688. The van der Waals surface area contributed by atoms with E-state index in [9.17, 15) is 4.79 Å². The van der Waals surface area contributed by atoms with Crippen LogP contribution in [0.1, 0.15) is 27.2 Å². The summed E-state index contributed by atoms with van der Waals surface area (Å²) in [6, 6.07) is 7.85. The summed E-state index contributed by atoms with van der Waals surface area (Å²) in [4.78, 5) is 13.0. The lowest BCUT2D eigenvalue weighted by Crippen LogP contribution is -2.41. The van der Waals surface area contributed by atoms with Crippen LogP contribution in [0.3, 0.4) is 0 Å². The fraction of sp³-hybridized carbons (Fsp3) is 0.562. The summed E-state index contributed by atoms with van der Waals surface area (Å²) < 4.78 is 5.39. The Morgan fingerprint density at radius 2 is 2.00 bits per heavy atom. The lowest BCUT2D eigenvalue weighted by atomic mass is 10.0. The first kappa shape index (κ1) is 17.9. The first-order chi connectivity index (χ1) is 10.0. The van der Waals surface area contributed by atoms with Crippen LogP contribution in [0.2, 0.25) is 0 Å². The minimum Gasteiger partial charge on any atom is -0.494 e. The summed E-state index contributed by atoms with van der Waals surface area (Å²) in [7, 11) is 0. The SMILES string of the molecule is CCOc1ccc(SCC(=O)NC(CN)CC(C)C)cc1. The maximum atomic E-state index is 11.9. The smallest absolute Gasteiger partial charge is 0.230 e. The first-order valence-corrected chi connectivity index (χ1v) is 8.38. The van der Waals surface area contributed by atoms with E-state index in [0.29, 0.717) is 24.8 Å². The molecule has 118 valence electrons. The zero-order valence-electron chi connectivity index (χ0n) is 13.1. The van der Waals surface area contributed by atoms with Gasteiger partial charge in [0.2, 0.25) is 5.91 Å². The van der Waals surface area contributed by atoms with E-state index in [1.807, 2.05) is 31.2 Å². The Labute approximate surface area is 131 Å². The van der Waals surface area contributed by atoms with Gasteiger partial charge in [-0.2, -0.15) is 0 Å². The topological polar surface area (TPSA) is 64.3 Å². The van der Waals surface area contributed by atoms with E-state index < -0.39 is 0 Å². The van der Waals surface area contributed by atoms with Crippen molar-refractivity contribution in [1.29, 1.82) is 0 Å². The van der Waals surface area contributed by atoms with E-state index in [-0.39, 0.29) is 11.9 Å². The molecule has 0 saturated carbocycles. The Balaban J connectivity index is 2.38. The van der Waals surface area contributed by atoms with Crippen LogP contribution in [0.5, 0.6) is 5.75 Å². The number of carbonyl (C=O) groups is 1. The summed E-state index contributed by atoms with van der Waals surface area (Å²) in [6.07, 6.45) is 0.913. The molecule has 1 atom stereocenters. The molecule has 0 aliphatic carbocycles. The molecule has 3 N–H and O–H groups in total. The third-order valence-corrected chi connectivity index (χ3v) is 3.92. The molecule has 0 aliphatic rings. The average Bonchev–Trinajstić information content (AvgIpc) is 2.45. The molecule has 5 heteroatoms. The Morgan fingerprint density at radius 3 is 2.52 bits per heavy atom. The molecule has 4 nitrogen and oxygen atoms in total. The molecule has 0 spiro atoms. The highest BCUT2D eigenvalue weighted by atomic mass is 32.2. The monoisotopic (exact) mass is 310 g/mol. The molecule has 1 aromatic rings. The molecular weight excluding hydrogens is 284 g/mol. The van der Waals surface area contributed by atoms with Gasteiger partial charge in [0.1, 0.15) is 5.75 Å². The fourth-order valence-corrected chi connectivity index (χ4v) is 2.71. The summed E-state index contributed by atoms with van der Waals surface area (Å²) in [5.41, 5.74) is 5.69. The summed E-state index contributed by atoms with van der Waals surface area (Å²) in [6.45, 7) is 7.36. The Bertz CT molecular complexity index is 421. The number of carbonyl (C=O) groups excluding carboxylic acids is 1. The van der Waals surface area contributed by atoms with Gasteiger partial charge in [-0.1, -0.05) is 13.8 Å². The Kier molecular flexibility index (Phi) is 8.23. The van der Waals surface area contributed by atoms with Crippen molar-refractivity contribution >= 4 is 17.7 Å². The fourth-order valence-electron chi connectivity index (χ4n) is 2.00. The summed E-state index contributed by atoms with van der Waals surface area (Å²) in [5.74, 6) is 1.82. The van der Waals surface area contributed by atoms with Gasteiger partial charge in [-0.15, -0.1) is 11.8 Å². The molecule has 21 heavy (non-hydrogen) atoms. The molecule has 0 fully saturated rings. The van der Waals surface area contributed by atoms with Crippen molar-refractivity contribution in [3.8, 4) is 5.75 Å². The summed E-state index contributed by atoms with van der Waals surface area (Å²) >= 11 is 1.52. The number of amides is 1. The highest BCUT2D eigenvalue weighted by Crippen LogP contribution is 2.21. The molecule has 1 aromatic carbocycles. The molecule has 1 unspecified atom stereocenters. The van der Waals surface area contributed by atoms with Crippen LogP contribution in [0, 0.1) is 5.92 Å². The Morgan fingerprint density at radius 1 is 1.33 bits per heavy atom. The number of hydrogen-bond acceptors (Lipinski definition) is 4. The van der Waals surface area contributed by atoms with Crippen molar-refractivity contribution in [3.63, 3.8) is 0 Å². The lowest BCUT2D eigenvalue weighted by Gasteiger charge is -2.18. The normalized spacial score (nSPS) is 12.2. The van der Waals surface area contributed by atoms with Crippen LogP contribution in [-0.4, -0.2) is 30.9 Å². The van der Waals surface area contributed by atoms with Crippen molar-refractivity contribution in [3.05, 3.63) is 24.3 Å². The molecule has 0 heterocycles. The third-order valence-electron chi connectivity index (χ3n) is 2.91. The van der Waals surface area contributed by atoms with Gasteiger partial charge in [-0.05, 0) is 43.5 Å². The van der Waals surface area contributed by atoms with E-state index >= 15 is 0 Å². The number of hydrogen-bond donors (Lipinski definition) is 2. The second kappa shape index (κ2) is 9.68. The number of nitrogens with one attached hydrogen (secondary N) is 1. The van der Waals surface area contributed by atoms with Gasteiger partial charge < -0.3 is 15.8 Å². The van der Waals surface area contributed by atoms with Crippen molar-refractivity contribution < 1.29 is 9.53 Å². The van der Waals surface area contributed by atoms with Crippen molar-refractivity contribution in [2.75, 3.05) is 18.9 Å². The van der Waals surface area contributed by atoms with E-state index in [1.54, 1.807) is 0 Å². The maximum Gasteiger partial charge on any atom is 0.230 e. The molecule has 0 bridgehead atoms. The van der Waals surface area contributed by atoms with Crippen LogP contribution in [0.25, 0.3) is 0 Å². The van der Waals surface area contributed by atoms with Crippen molar-refractivity contribution in [1.82, 2.24) is 5.32 Å². The number of thioether (sulfide) groups is 1. The van der Waals surface area contributed by atoms with Crippen LogP contribution < -0.4 is 15.8 Å². The number of nitrogens with two attached hydrogens (primary N) is 1. The maximum absolute atomic E-state index is 11.9. The van der Waals surface area contributed by atoms with Crippen LogP contribution in [0.15, 0.2) is 29.2 Å². The molecule has 0 saturated heterocycles.